The van der Waals surface area contributed by atoms with Crippen LogP contribution in [-0.2, 0) is 4.74 Å². The third-order valence-electron chi connectivity index (χ3n) is 5.30. The van der Waals surface area contributed by atoms with Gasteiger partial charge in [0.05, 0.1) is 13.2 Å². The Morgan fingerprint density at radius 3 is 2.74 bits per heavy atom. The molecular formula is C17H25N3O3. The lowest BCUT2D eigenvalue weighted by atomic mass is 9.88. The average molecular weight is 319 g/mol. The number of rotatable bonds is 4. The van der Waals surface area contributed by atoms with Gasteiger partial charge < -0.3 is 14.6 Å². The van der Waals surface area contributed by atoms with Crippen molar-refractivity contribution in [3.63, 3.8) is 0 Å². The molecule has 1 amide bonds. The Morgan fingerprint density at radius 2 is 1.96 bits per heavy atom. The summed E-state index contributed by atoms with van der Waals surface area (Å²) in [6.07, 6.45) is 6.91. The van der Waals surface area contributed by atoms with Crippen molar-refractivity contribution in [3.8, 4) is 0 Å². The smallest absolute Gasteiger partial charge is 0.273 e. The number of carbonyl (C=O) groups excluding carboxylic acids is 1. The molecule has 0 bridgehead atoms. The quantitative estimate of drug-likeness (QED) is 0.918. The predicted molar refractivity (Wildman–Crippen MR) is 84.4 cm³/mol. The third kappa shape index (κ3) is 3.43. The van der Waals surface area contributed by atoms with Crippen LogP contribution in [0.25, 0.3) is 0 Å². The summed E-state index contributed by atoms with van der Waals surface area (Å²) < 4.78 is 10.8. The lowest BCUT2D eigenvalue weighted by Gasteiger charge is -2.41. The van der Waals surface area contributed by atoms with Crippen LogP contribution in [0.5, 0.6) is 0 Å². The van der Waals surface area contributed by atoms with Gasteiger partial charge in [-0.05, 0) is 25.7 Å². The second-order valence-corrected chi connectivity index (χ2v) is 6.97. The summed E-state index contributed by atoms with van der Waals surface area (Å²) >= 11 is 0. The Labute approximate surface area is 136 Å². The Bertz CT molecular complexity index is 549. The molecular weight excluding hydrogens is 294 g/mol. The summed E-state index contributed by atoms with van der Waals surface area (Å²) in [6, 6.07) is 2.45. The highest BCUT2D eigenvalue weighted by atomic mass is 16.5. The molecule has 2 atom stereocenters. The van der Waals surface area contributed by atoms with Gasteiger partial charge >= 0.3 is 0 Å². The first-order valence-corrected chi connectivity index (χ1v) is 8.90. The fourth-order valence-corrected chi connectivity index (χ4v) is 3.82. The molecule has 1 aromatic rings. The van der Waals surface area contributed by atoms with E-state index in [2.05, 4.69) is 15.4 Å². The number of hydrogen-bond donors (Lipinski definition) is 1. The number of aromatic nitrogens is 1. The van der Waals surface area contributed by atoms with Crippen molar-refractivity contribution in [1.29, 1.82) is 0 Å². The summed E-state index contributed by atoms with van der Waals surface area (Å²) in [5.41, 5.74) is 0.429. The van der Waals surface area contributed by atoms with Crippen LogP contribution in [0.15, 0.2) is 10.6 Å². The van der Waals surface area contributed by atoms with E-state index in [0.29, 0.717) is 17.7 Å². The van der Waals surface area contributed by atoms with Crippen molar-refractivity contribution < 1.29 is 14.1 Å². The monoisotopic (exact) mass is 319 g/mol. The topological polar surface area (TPSA) is 67.6 Å². The Hall–Kier alpha value is -1.40. The number of carbonyl (C=O) groups is 1. The van der Waals surface area contributed by atoms with Crippen LogP contribution in [0.4, 0.5) is 0 Å². The molecule has 2 aliphatic carbocycles. The van der Waals surface area contributed by atoms with Crippen molar-refractivity contribution in [3.05, 3.63) is 17.5 Å². The first-order valence-electron chi connectivity index (χ1n) is 8.90. The zero-order valence-corrected chi connectivity index (χ0v) is 13.5. The molecule has 1 saturated heterocycles. The lowest BCUT2D eigenvalue weighted by molar-refractivity contribution is 0.0000884. The van der Waals surface area contributed by atoms with Crippen LogP contribution < -0.4 is 5.32 Å². The minimum atomic E-state index is -0.0918. The summed E-state index contributed by atoms with van der Waals surface area (Å²) in [5, 5.41) is 7.17. The number of hydrogen-bond acceptors (Lipinski definition) is 5. The van der Waals surface area contributed by atoms with E-state index in [1.165, 1.54) is 12.8 Å². The molecule has 0 aromatic carbocycles. The molecule has 0 unspecified atom stereocenters. The molecule has 0 radical (unpaired) electrons. The average Bonchev–Trinajstić information content (AvgIpc) is 3.33. The van der Waals surface area contributed by atoms with Crippen molar-refractivity contribution in [2.75, 3.05) is 26.3 Å². The normalized spacial score (nSPS) is 29.4. The number of morpholine rings is 1. The number of nitrogens with zero attached hydrogens (tertiary/aromatic N) is 2. The van der Waals surface area contributed by atoms with Crippen molar-refractivity contribution >= 4 is 5.91 Å². The molecule has 1 aromatic heterocycles. The first kappa shape index (κ1) is 15.1. The van der Waals surface area contributed by atoms with Gasteiger partial charge in [-0.1, -0.05) is 18.0 Å². The van der Waals surface area contributed by atoms with Crippen LogP contribution in [0.2, 0.25) is 0 Å². The lowest BCUT2D eigenvalue weighted by Crippen LogP contribution is -2.56. The maximum absolute atomic E-state index is 12.5. The van der Waals surface area contributed by atoms with Gasteiger partial charge in [0.15, 0.2) is 5.69 Å². The van der Waals surface area contributed by atoms with E-state index >= 15 is 0 Å². The minimum Gasteiger partial charge on any atom is -0.379 e. The van der Waals surface area contributed by atoms with E-state index in [4.69, 9.17) is 9.26 Å². The van der Waals surface area contributed by atoms with E-state index in [1.54, 1.807) is 0 Å². The van der Waals surface area contributed by atoms with Gasteiger partial charge in [0.25, 0.3) is 5.91 Å². The Kier molecular flexibility index (Phi) is 4.35. The zero-order chi connectivity index (χ0) is 15.6. The number of ether oxygens (including phenoxy) is 1. The van der Waals surface area contributed by atoms with E-state index < -0.39 is 0 Å². The highest BCUT2D eigenvalue weighted by Crippen LogP contribution is 2.40. The molecule has 2 heterocycles. The molecule has 6 heteroatoms. The minimum absolute atomic E-state index is 0.0918. The van der Waals surface area contributed by atoms with Crippen LogP contribution >= 0.6 is 0 Å². The standard InChI is InChI=1S/C17H25N3O3/c21-17(14-11-16(23-19-14)12-5-6-12)18-13-3-1-2-4-15(13)20-7-9-22-10-8-20/h11-13,15H,1-10H2,(H,18,21)/t13-,15-/m0/s1. The molecule has 2 saturated carbocycles. The van der Waals surface area contributed by atoms with Gasteiger partial charge in [0.2, 0.25) is 0 Å². The van der Waals surface area contributed by atoms with Gasteiger partial charge in [-0.3, -0.25) is 9.69 Å². The molecule has 126 valence electrons. The second kappa shape index (κ2) is 6.61. The molecule has 3 aliphatic rings. The predicted octanol–water partition coefficient (Wildman–Crippen LogP) is 1.93. The van der Waals surface area contributed by atoms with Crippen molar-refractivity contribution in [2.45, 2.75) is 56.5 Å². The Balaban J connectivity index is 1.40. The van der Waals surface area contributed by atoms with Crippen LogP contribution in [0.3, 0.4) is 0 Å². The highest BCUT2D eigenvalue weighted by molar-refractivity contribution is 5.92. The molecule has 3 fully saturated rings. The molecule has 23 heavy (non-hydrogen) atoms. The summed E-state index contributed by atoms with van der Waals surface area (Å²) in [5.74, 6) is 1.26. The maximum Gasteiger partial charge on any atom is 0.273 e. The summed E-state index contributed by atoms with van der Waals surface area (Å²) in [6.45, 7) is 3.52. The highest BCUT2D eigenvalue weighted by Gasteiger charge is 2.33. The van der Waals surface area contributed by atoms with Gasteiger partial charge in [-0.25, -0.2) is 0 Å². The SMILES string of the molecule is O=C(N[C@H]1CCCC[C@@H]1N1CCOCC1)c1cc(C2CC2)on1. The van der Waals surface area contributed by atoms with E-state index in [0.717, 1.165) is 57.7 Å². The van der Waals surface area contributed by atoms with Gasteiger partial charge in [-0.15, -0.1) is 0 Å². The van der Waals surface area contributed by atoms with E-state index in [9.17, 15) is 4.79 Å². The van der Waals surface area contributed by atoms with E-state index in [-0.39, 0.29) is 11.9 Å². The van der Waals surface area contributed by atoms with Crippen LogP contribution in [-0.4, -0.2) is 54.4 Å². The number of amides is 1. The van der Waals surface area contributed by atoms with Gasteiger partial charge in [0.1, 0.15) is 5.76 Å². The Morgan fingerprint density at radius 1 is 1.17 bits per heavy atom. The fourth-order valence-electron chi connectivity index (χ4n) is 3.82. The second-order valence-electron chi connectivity index (χ2n) is 6.97. The first-order chi connectivity index (χ1) is 11.3. The molecule has 6 nitrogen and oxygen atoms in total. The van der Waals surface area contributed by atoms with Crippen LogP contribution in [0.1, 0.15) is 60.7 Å². The van der Waals surface area contributed by atoms with Crippen molar-refractivity contribution in [1.82, 2.24) is 15.4 Å². The van der Waals surface area contributed by atoms with Gasteiger partial charge in [-0.2, -0.15) is 0 Å². The number of nitrogens with one attached hydrogen (secondary N) is 1. The maximum atomic E-state index is 12.5. The molecule has 1 aliphatic heterocycles. The fraction of sp³-hybridized carbons (Fsp3) is 0.765. The molecule has 4 rings (SSSR count). The zero-order valence-electron chi connectivity index (χ0n) is 13.5. The molecule has 1 N–H and O–H groups in total. The largest absolute Gasteiger partial charge is 0.379 e. The summed E-state index contributed by atoms with van der Waals surface area (Å²) in [7, 11) is 0. The van der Waals surface area contributed by atoms with Gasteiger partial charge in [0, 0.05) is 37.2 Å². The third-order valence-corrected chi connectivity index (χ3v) is 5.30. The summed E-state index contributed by atoms with van der Waals surface area (Å²) in [4.78, 5) is 15.0. The van der Waals surface area contributed by atoms with Crippen LogP contribution in [0, 0.1) is 0 Å². The molecule has 0 spiro atoms. The van der Waals surface area contributed by atoms with E-state index in [1.807, 2.05) is 6.07 Å². The van der Waals surface area contributed by atoms with Crippen molar-refractivity contribution in [2.24, 2.45) is 0 Å².